The molecule has 0 aliphatic carbocycles. The minimum atomic E-state index is 0.287. The van der Waals surface area contributed by atoms with Gasteiger partial charge in [-0.15, -0.1) is 0 Å². The van der Waals surface area contributed by atoms with E-state index in [0.717, 1.165) is 13.0 Å². The molecular weight excluding hydrogens is 204 g/mol. The van der Waals surface area contributed by atoms with Gasteiger partial charge >= 0.3 is 0 Å². The van der Waals surface area contributed by atoms with E-state index >= 15 is 0 Å². The molecule has 2 nitrogen and oxygen atoms in total. The topological polar surface area (TPSA) is 18.5 Å². The molecule has 0 atom stereocenters. The Labute approximate surface area is 91.4 Å². The second kappa shape index (κ2) is 10.3. The lowest BCUT2D eigenvalue weighted by atomic mass is 10.2. The largest absolute Gasteiger partial charge is 0.476 e. The van der Waals surface area contributed by atoms with Gasteiger partial charge in [-0.2, -0.15) is 0 Å². The van der Waals surface area contributed by atoms with Crippen LogP contribution >= 0.6 is 24.8 Å². The van der Waals surface area contributed by atoms with E-state index in [1.165, 1.54) is 19.3 Å². The fraction of sp³-hybridized carbons (Fsp3) is 0.889. The maximum Gasteiger partial charge on any atom is 0.216 e. The van der Waals surface area contributed by atoms with E-state index < -0.39 is 0 Å². The molecule has 0 spiro atoms. The standard InChI is InChI=1S/C9H18O2S2/c1-2-3-4-5-6-10-7-8-11-9(12)13/h2-8H2,1H3,(H,12,13). The zero-order chi connectivity index (χ0) is 9.94. The molecule has 0 aromatic heterocycles. The minimum absolute atomic E-state index is 0.287. The molecule has 0 aliphatic rings. The molecule has 0 fully saturated rings. The van der Waals surface area contributed by atoms with Crippen LogP contribution in [0.4, 0.5) is 0 Å². The SMILES string of the molecule is CCCCCCOCCOC(=S)S. The van der Waals surface area contributed by atoms with Crippen LogP contribution in [0.25, 0.3) is 0 Å². The third-order valence-electron chi connectivity index (χ3n) is 1.60. The summed E-state index contributed by atoms with van der Waals surface area (Å²) in [5, 5.41) is 0. The first-order chi connectivity index (χ1) is 6.27. The first kappa shape index (κ1) is 13.2. The molecule has 0 heterocycles. The number of thiol groups is 1. The van der Waals surface area contributed by atoms with E-state index in [1.54, 1.807) is 0 Å². The Morgan fingerprint density at radius 1 is 1.15 bits per heavy atom. The Morgan fingerprint density at radius 3 is 2.54 bits per heavy atom. The molecule has 0 aromatic carbocycles. The zero-order valence-electron chi connectivity index (χ0n) is 8.12. The molecule has 0 aliphatic heterocycles. The maximum absolute atomic E-state index is 5.31. The first-order valence-corrected chi connectivity index (χ1v) is 5.56. The van der Waals surface area contributed by atoms with E-state index in [0.29, 0.717) is 13.2 Å². The fourth-order valence-electron chi connectivity index (χ4n) is 0.921. The van der Waals surface area contributed by atoms with Crippen molar-refractivity contribution in [3.8, 4) is 0 Å². The molecule has 0 unspecified atom stereocenters. The van der Waals surface area contributed by atoms with Crippen molar-refractivity contribution in [2.45, 2.75) is 32.6 Å². The fourth-order valence-corrected chi connectivity index (χ4v) is 1.10. The summed E-state index contributed by atoms with van der Waals surface area (Å²) in [6.07, 6.45) is 4.94. The predicted molar refractivity (Wildman–Crippen MR) is 62.5 cm³/mol. The third kappa shape index (κ3) is 12.2. The Bertz CT molecular complexity index is 129. The molecule has 0 N–H and O–H groups in total. The van der Waals surface area contributed by atoms with Crippen LogP contribution in [-0.4, -0.2) is 24.2 Å². The van der Waals surface area contributed by atoms with Crippen LogP contribution in [0, 0.1) is 0 Å². The van der Waals surface area contributed by atoms with Crippen LogP contribution in [-0.2, 0) is 9.47 Å². The Hall–Kier alpha value is 0.200. The number of rotatable bonds is 8. The van der Waals surface area contributed by atoms with Crippen LogP contribution in [0.15, 0.2) is 0 Å². The Kier molecular flexibility index (Phi) is 10.4. The summed E-state index contributed by atoms with van der Waals surface area (Å²) in [5.41, 5.74) is 0. The van der Waals surface area contributed by atoms with Gasteiger partial charge in [-0.05, 0) is 18.6 Å². The summed E-state index contributed by atoms with van der Waals surface area (Å²) < 4.78 is 10.5. The number of hydrogen-bond donors (Lipinski definition) is 1. The van der Waals surface area contributed by atoms with Gasteiger partial charge in [-0.25, -0.2) is 0 Å². The van der Waals surface area contributed by atoms with Crippen molar-refractivity contribution < 1.29 is 9.47 Å². The van der Waals surface area contributed by atoms with E-state index in [-0.39, 0.29) is 4.38 Å². The maximum atomic E-state index is 5.31. The molecule has 0 saturated heterocycles. The van der Waals surface area contributed by atoms with Gasteiger partial charge in [0.2, 0.25) is 4.38 Å². The van der Waals surface area contributed by atoms with Gasteiger partial charge in [-0.3, -0.25) is 0 Å². The molecule has 0 radical (unpaired) electrons. The summed E-state index contributed by atoms with van der Waals surface area (Å²) >= 11 is 8.44. The van der Waals surface area contributed by atoms with Crippen molar-refractivity contribution in [3.05, 3.63) is 0 Å². The van der Waals surface area contributed by atoms with E-state index in [4.69, 9.17) is 9.47 Å². The summed E-state index contributed by atoms with van der Waals surface area (Å²) in [6, 6.07) is 0. The molecule has 0 aromatic rings. The van der Waals surface area contributed by atoms with Gasteiger partial charge in [-0.1, -0.05) is 38.8 Å². The highest BCUT2D eigenvalue weighted by Gasteiger charge is 1.91. The van der Waals surface area contributed by atoms with E-state index in [2.05, 4.69) is 31.8 Å². The molecule has 78 valence electrons. The monoisotopic (exact) mass is 222 g/mol. The quantitative estimate of drug-likeness (QED) is 0.387. The van der Waals surface area contributed by atoms with Crippen LogP contribution < -0.4 is 0 Å². The van der Waals surface area contributed by atoms with Crippen LogP contribution in [0.1, 0.15) is 32.6 Å². The molecule has 0 rings (SSSR count). The highest BCUT2D eigenvalue weighted by molar-refractivity contribution is 8.10. The Balaban J connectivity index is 2.87. The van der Waals surface area contributed by atoms with Crippen molar-refractivity contribution in [1.82, 2.24) is 0 Å². The lowest BCUT2D eigenvalue weighted by Crippen LogP contribution is -2.06. The average molecular weight is 222 g/mol. The van der Waals surface area contributed by atoms with Gasteiger partial charge in [0.25, 0.3) is 0 Å². The first-order valence-electron chi connectivity index (χ1n) is 4.70. The number of ether oxygens (including phenoxy) is 2. The number of unbranched alkanes of at least 4 members (excludes halogenated alkanes) is 3. The lowest BCUT2D eigenvalue weighted by molar-refractivity contribution is 0.0962. The van der Waals surface area contributed by atoms with Crippen LogP contribution in [0.2, 0.25) is 0 Å². The van der Waals surface area contributed by atoms with Crippen molar-refractivity contribution in [1.29, 1.82) is 0 Å². The van der Waals surface area contributed by atoms with Crippen molar-refractivity contribution in [3.63, 3.8) is 0 Å². The molecule has 13 heavy (non-hydrogen) atoms. The van der Waals surface area contributed by atoms with Crippen molar-refractivity contribution in [2.75, 3.05) is 19.8 Å². The summed E-state index contributed by atoms with van der Waals surface area (Å²) in [5.74, 6) is 0. The second-order valence-corrected chi connectivity index (χ2v) is 3.87. The van der Waals surface area contributed by atoms with E-state index in [9.17, 15) is 0 Å². The number of hydrogen-bond acceptors (Lipinski definition) is 3. The average Bonchev–Trinajstić information content (AvgIpc) is 2.09. The Morgan fingerprint density at radius 2 is 1.92 bits per heavy atom. The molecular formula is C9H18O2S2. The van der Waals surface area contributed by atoms with Crippen molar-refractivity contribution >= 4 is 29.2 Å². The third-order valence-corrected chi connectivity index (χ3v) is 1.84. The normalized spacial score (nSPS) is 10.0. The molecule has 0 bridgehead atoms. The van der Waals surface area contributed by atoms with Gasteiger partial charge < -0.3 is 9.47 Å². The van der Waals surface area contributed by atoms with Crippen LogP contribution in [0.3, 0.4) is 0 Å². The lowest BCUT2D eigenvalue weighted by Gasteiger charge is -2.04. The molecule has 0 amide bonds. The minimum Gasteiger partial charge on any atom is -0.476 e. The second-order valence-electron chi connectivity index (χ2n) is 2.79. The summed E-state index contributed by atoms with van der Waals surface area (Å²) in [7, 11) is 0. The van der Waals surface area contributed by atoms with Gasteiger partial charge in [0.15, 0.2) is 0 Å². The number of thiocarbonyl (C=S) groups is 1. The van der Waals surface area contributed by atoms with Crippen molar-refractivity contribution in [2.24, 2.45) is 0 Å². The van der Waals surface area contributed by atoms with Gasteiger partial charge in [0.05, 0.1) is 6.61 Å². The van der Waals surface area contributed by atoms with Gasteiger partial charge in [0, 0.05) is 6.61 Å². The predicted octanol–water partition coefficient (Wildman–Crippen LogP) is 2.81. The molecule has 4 heteroatoms. The van der Waals surface area contributed by atoms with Gasteiger partial charge in [0.1, 0.15) is 6.61 Å². The summed E-state index contributed by atoms with van der Waals surface area (Å²) in [6.45, 7) is 4.13. The smallest absolute Gasteiger partial charge is 0.216 e. The van der Waals surface area contributed by atoms with E-state index in [1.807, 2.05) is 0 Å². The highest BCUT2D eigenvalue weighted by atomic mass is 32.1. The van der Waals surface area contributed by atoms with Crippen LogP contribution in [0.5, 0.6) is 0 Å². The molecule has 0 saturated carbocycles. The zero-order valence-corrected chi connectivity index (χ0v) is 9.83. The summed E-state index contributed by atoms with van der Waals surface area (Å²) in [4.78, 5) is 0. The highest BCUT2D eigenvalue weighted by Crippen LogP contribution is 1.98.